The summed E-state index contributed by atoms with van der Waals surface area (Å²) >= 11 is 0. The van der Waals surface area contributed by atoms with E-state index >= 15 is 0 Å². The van der Waals surface area contributed by atoms with E-state index in [1.165, 1.54) is 7.11 Å². The lowest BCUT2D eigenvalue weighted by molar-refractivity contribution is -0.233. The third-order valence-corrected chi connectivity index (χ3v) is 13.5. The van der Waals surface area contributed by atoms with Crippen molar-refractivity contribution in [2.45, 2.75) is 165 Å². The van der Waals surface area contributed by atoms with Crippen molar-refractivity contribution in [1.82, 2.24) is 51.3 Å². The summed E-state index contributed by atoms with van der Waals surface area (Å²) in [6.45, 7) is 7.74. The van der Waals surface area contributed by atoms with Gasteiger partial charge in [0.2, 0.25) is 11.8 Å². The number of aliphatic hydroxyl groups excluding tert-OH is 4. The largest absolute Gasteiger partial charge is 0.480 e. The first-order chi connectivity index (χ1) is 35.1. The van der Waals surface area contributed by atoms with Crippen molar-refractivity contribution in [3.8, 4) is 0 Å². The fourth-order valence-electron chi connectivity index (χ4n) is 9.28. The number of methoxy groups -OCH3 is 1. The minimum absolute atomic E-state index is 0.0350. The summed E-state index contributed by atoms with van der Waals surface area (Å²) in [5, 5.41) is 78.5. The van der Waals surface area contributed by atoms with Gasteiger partial charge in [0, 0.05) is 52.1 Å². The molecular formula is C45H74N12O17. The number of aliphatic carboxylic acids is 1. The van der Waals surface area contributed by atoms with Crippen LogP contribution in [0.4, 0.5) is 9.59 Å². The number of aromatic amines is 1. The van der Waals surface area contributed by atoms with Crippen LogP contribution in [0.25, 0.3) is 0 Å². The molecule has 29 heteroatoms. The number of urea groups is 2. The number of nitrogens with one attached hydrogen (secondary N) is 8. The quantitative estimate of drug-likeness (QED) is 0.0307. The molecule has 7 amide bonds. The Morgan fingerprint density at radius 2 is 1.64 bits per heavy atom. The SMILES string of the molecule is CCCCCCN1C(=O)C(C(O[C@H]2O[C@H](CN)[C@H](O)[C@H]2OC)[C@H]2O[C@@H](n3ccc(=O)[nH]c3=O)[C@H](O)[C@@H]2O)N(CCCNC(=O)C(NC(=O)C(NC(=O)NC(C(=O)O)C(C)C)C2CCNC(=N)N2)C(O)C(C)C)C1=O. The molecule has 4 aliphatic heterocycles. The van der Waals surface area contributed by atoms with Crippen molar-refractivity contribution < 1.29 is 73.2 Å². The normalized spacial score (nSPS) is 28.1. The summed E-state index contributed by atoms with van der Waals surface area (Å²) in [6, 6.07) is -7.90. The van der Waals surface area contributed by atoms with Gasteiger partial charge in [-0.05, 0) is 31.1 Å². The van der Waals surface area contributed by atoms with Gasteiger partial charge < -0.3 is 87.0 Å². The molecular weight excluding hydrogens is 981 g/mol. The van der Waals surface area contributed by atoms with E-state index in [1.54, 1.807) is 27.7 Å². The van der Waals surface area contributed by atoms with E-state index in [-0.39, 0.29) is 51.5 Å². The highest BCUT2D eigenvalue weighted by atomic mass is 16.7. The van der Waals surface area contributed by atoms with Crippen molar-refractivity contribution in [2.75, 3.05) is 39.8 Å². The molecule has 4 aliphatic rings. The summed E-state index contributed by atoms with van der Waals surface area (Å²) in [4.78, 5) is 111. The molecule has 15 N–H and O–H groups in total. The van der Waals surface area contributed by atoms with Gasteiger partial charge in [-0.25, -0.2) is 19.2 Å². The molecule has 74 heavy (non-hydrogen) atoms. The number of nitrogens with two attached hydrogens (primary N) is 1. The van der Waals surface area contributed by atoms with Gasteiger partial charge in [0.1, 0.15) is 66.9 Å². The minimum atomic E-state index is -1.92. The molecule has 29 nitrogen and oxygen atoms in total. The number of ether oxygens (including phenoxy) is 4. The second kappa shape index (κ2) is 26.6. The molecule has 0 spiro atoms. The number of aliphatic hydroxyl groups is 4. The average Bonchev–Trinajstić information content (AvgIpc) is 3.91. The van der Waals surface area contributed by atoms with Crippen LogP contribution in [0.3, 0.4) is 0 Å². The third-order valence-electron chi connectivity index (χ3n) is 13.5. The fourth-order valence-corrected chi connectivity index (χ4v) is 9.28. The van der Waals surface area contributed by atoms with E-state index < -0.39 is 150 Å². The molecule has 7 unspecified atom stereocenters. The highest BCUT2D eigenvalue weighted by molar-refractivity contribution is 6.04. The van der Waals surface area contributed by atoms with E-state index in [1.807, 2.05) is 11.9 Å². The Morgan fingerprint density at radius 1 is 0.919 bits per heavy atom. The zero-order chi connectivity index (χ0) is 54.7. The Labute approximate surface area is 426 Å². The Morgan fingerprint density at radius 3 is 2.24 bits per heavy atom. The van der Waals surface area contributed by atoms with Gasteiger partial charge >= 0.3 is 23.7 Å². The number of nitrogens with zero attached hydrogens (tertiary/aromatic N) is 3. The first kappa shape index (κ1) is 59.1. The molecule has 0 aliphatic carbocycles. The lowest BCUT2D eigenvalue weighted by Crippen LogP contribution is -2.67. The monoisotopic (exact) mass is 1050 g/mol. The number of imide groups is 1. The second-order valence-electron chi connectivity index (χ2n) is 19.4. The van der Waals surface area contributed by atoms with E-state index in [2.05, 4.69) is 31.9 Å². The van der Waals surface area contributed by atoms with Crippen molar-refractivity contribution >= 4 is 41.7 Å². The Bertz CT molecular complexity index is 2250. The number of amides is 7. The van der Waals surface area contributed by atoms with E-state index in [0.717, 1.165) is 39.5 Å². The smallest absolute Gasteiger partial charge is 0.330 e. The van der Waals surface area contributed by atoms with Crippen molar-refractivity contribution in [2.24, 2.45) is 17.6 Å². The maximum Gasteiger partial charge on any atom is 0.330 e. The maximum atomic E-state index is 14.7. The van der Waals surface area contributed by atoms with Gasteiger partial charge in [-0.15, -0.1) is 0 Å². The van der Waals surface area contributed by atoms with Gasteiger partial charge in [-0.3, -0.25) is 39.0 Å². The average molecular weight is 1060 g/mol. The zero-order valence-corrected chi connectivity index (χ0v) is 42.3. The lowest BCUT2D eigenvalue weighted by Gasteiger charge is -2.36. The van der Waals surface area contributed by atoms with Crippen LogP contribution in [-0.4, -0.2) is 212 Å². The van der Waals surface area contributed by atoms with Gasteiger partial charge in [0.25, 0.3) is 11.5 Å². The number of H-pyrrole nitrogens is 1. The molecule has 416 valence electrons. The molecule has 4 fully saturated rings. The Hall–Kier alpha value is -5.79. The maximum absolute atomic E-state index is 14.7. The zero-order valence-electron chi connectivity index (χ0n) is 42.3. The minimum Gasteiger partial charge on any atom is -0.480 e. The van der Waals surface area contributed by atoms with Gasteiger partial charge in [0.05, 0.1) is 12.1 Å². The standard InChI is InChI=1S/C45H74N12O17/c1-7-8-9-10-16-56-38(65)28(33(74-41-35(71-6)30(60)23(19-46)72-41)34-31(61)32(62)39(73-34)57-18-13-24(58)51-44(57)69)55(45(56)70)17-11-14-48-36(63)27(29(59)21(4)5)52-37(64)26(22-12-15-49-42(47)50-22)54-43(68)53-25(20(2)3)40(66)67/h13,18,20-23,25-35,39,41,59-62H,7-12,14-17,19,46H2,1-6H3,(H,48,63)(H,52,64)(H,66,67)(H3,47,49,50)(H,51,58,69)(H2,53,54,68)/t22?,23-,25?,26?,27?,28?,29?,30+,31+,32-,33?,34+,35-,39-,41-/m1/s1. The Kier molecular flexibility index (Phi) is 21.3. The highest BCUT2D eigenvalue weighted by Crippen LogP contribution is 2.38. The summed E-state index contributed by atoms with van der Waals surface area (Å²) in [7, 11) is 1.25. The summed E-state index contributed by atoms with van der Waals surface area (Å²) in [5.41, 5.74) is 4.09. The molecule has 5 rings (SSSR count). The molecule has 0 saturated carbocycles. The van der Waals surface area contributed by atoms with Crippen molar-refractivity contribution in [3.05, 3.63) is 33.1 Å². The summed E-state index contributed by atoms with van der Waals surface area (Å²) in [6.07, 6.45) is -11.7. The molecule has 4 saturated heterocycles. The number of aromatic nitrogens is 2. The number of hydrogen-bond acceptors (Lipinski definition) is 18. The number of carbonyl (C=O) groups excluding carboxylic acids is 5. The number of guanidine groups is 1. The molecule has 0 aromatic carbocycles. The van der Waals surface area contributed by atoms with Crippen LogP contribution >= 0.6 is 0 Å². The van der Waals surface area contributed by atoms with Crippen molar-refractivity contribution in [3.63, 3.8) is 0 Å². The van der Waals surface area contributed by atoms with Crippen LogP contribution in [0.5, 0.6) is 0 Å². The van der Waals surface area contributed by atoms with E-state index in [4.69, 9.17) is 30.1 Å². The first-order valence-electron chi connectivity index (χ1n) is 24.9. The molecule has 1 aromatic heterocycles. The van der Waals surface area contributed by atoms with Crippen LogP contribution in [-0.2, 0) is 38.1 Å². The highest BCUT2D eigenvalue weighted by Gasteiger charge is 2.59. The summed E-state index contributed by atoms with van der Waals surface area (Å²) in [5.74, 6) is -5.31. The van der Waals surface area contributed by atoms with Gasteiger partial charge in [0.15, 0.2) is 18.5 Å². The van der Waals surface area contributed by atoms with Crippen LogP contribution < -0.4 is 48.9 Å². The van der Waals surface area contributed by atoms with Crippen LogP contribution in [0.15, 0.2) is 21.9 Å². The van der Waals surface area contributed by atoms with E-state index in [0.29, 0.717) is 12.8 Å². The lowest BCUT2D eigenvalue weighted by atomic mass is 9.97. The number of carboxylic acids is 1. The van der Waals surface area contributed by atoms with Crippen molar-refractivity contribution in [1.29, 1.82) is 5.41 Å². The third kappa shape index (κ3) is 13.9. The molecule has 0 radical (unpaired) electrons. The number of rotatable bonds is 26. The van der Waals surface area contributed by atoms with Crippen LogP contribution in [0, 0.1) is 17.2 Å². The predicted molar refractivity (Wildman–Crippen MR) is 258 cm³/mol. The van der Waals surface area contributed by atoms with Gasteiger partial charge in [-0.2, -0.15) is 0 Å². The number of carbonyl (C=O) groups is 6. The first-order valence-corrected chi connectivity index (χ1v) is 24.9. The number of carboxylic acid groups (broad SMARTS) is 1. The molecule has 5 heterocycles. The Balaban J connectivity index is 1.42. The molecule has 1 aromatic rings. The van der Waals surface area contributed by atoms with Crippen LogP contribution in [0.2, 0.25) is 0 Å². The number of unbranched alkanes of at least 4 members (excludes halogenated alkanes) is 3. The predicted octanol–water partition coefficient (Wildman–Crippen LogP) is -4.52. The second-order valence-corrected chi connectivity index (χ2v) is 19.4. The number of hydrogen-bond donors (Lipinski definition) is 14. The van der Waals surface area contributed by atoms with Gasteiger partial charge in [-0.1, -0.05) is 53.9 Å². The summed E-state index contributed by atoms with van der Waals surface area (Å²) < 4.78 is 24.8. The molecule has 15 atom stereocenters. The molecule has 0 bridgehead atoms. The van der Waals surface area contributed by atoms with Crippen LogP contribution in [0.1, 0.15) is 79.4 Å². The van der Waals surface area contributed by atoms with E-state index in [9.17, 15) is 63.9 Å². The fraction of sp³-hybridized carbons (Fsp3) is 0.756. The topological polar surface area (TPSA) is 424 Å².